The maximum Gasteiger partial charge on any atom is 0.573 e. The van der Waals surface area contributed by atoms with E-state index in [1.165, 1.54) is 18.2 Å². The Morgan fingerprint density at radius 3 is 2.45 bits per heavy atom. The number of hydrogen-bond acceptors (Lipinski definition) is 5. The summed E-state index contributed by atoms with van der Waals surface area (Å²) in [6.07, 6.45) is -3.89. The predicted octanol–water partition coefficient (Wildman–Crippen LogP) is 6.00. The molecule has 0 fully saturated rings. The number of nitrogens with zero attached hydrogens (tertiary/aromatic N) is 2. The van der Waals surface area contributed by atoms with Gasteiger partial charge in [0.1, 0.15) is 11.6 Å². The van der Waals surface area contributed by atoms with Crippen LogP contribution in [0.2, 0.25) is 0 Å². The molecule has 152 valence electrons. The van der Waals surface area contributed by atoms with Crippen LogP contribution in [0.4, 0.5) is 30.6 Å². The molecule has 0 saturated carbocycles. The van der Waals surface area contributed by atoms with E-state index in [9.17, 15) is 13.2 Å². The normalized spacial score (nSPS) is 12.3. The van der Waals surface area contributed by atoms with E-state index in [2.05, 4.69) is 25.3 Å². The van der Waals surface area contributed by atoms with Crippen molar-refractivity contribution in [3.8, 4) is 17.0 Å². The van der Waals surface area contributed by atoms with E-state index in [-0.39, 0.29) is 11.8 Å². The van der Waals surface area contributed by atoms with E-state index in [4.69, 9.17) is 0 Å². The Kier molecular flexibility index (Phi) is 6.21. The number of nitrogens with one attached hydrogen (secondary N) is 2. The number of aromatic nitrogens is 2. The molecule has 2 aromatic carbocycles. The summed E-state index contributed by atoms with van der Waals surface area (Å²) in [6.45, 7) is 4.03. The molecule has 3 aromatic rings. The molecule has 0 radical (unpaired) electrons. The average molecular weight is 402 g/mol. The molecule has 0 amide bonds. The lowest BCUT2D eigenvalue weighted by Gasteiger charge is -2.15. The Morgan fingerprint density at radius 2 is 1.76 bits per heavy atom. The van der Waals surface area contributed by atoms with Gasteiger partial charge in [-0.05, 0) is 37.6 Å². The van der Waals surface area contributed by atoms with Gasteiger partial charge in [0.05, 0.1) is 5.69 Å². The van der Waals surface area contributed by atoms with Gasteiger partial charge in [0.2, 0.25) is 5.95 Å². The summed E-state index contributed by atoms with van der Waals surface area (Å²) >= 11 is 0. The van der Waals surface area contributed by atoms with Crippen molar-refractivity contribution in [2.45, 2.75) is 32.7 Å². The van der Waals surface area contributed by atoms with Crippen LogP contribution in [0.25, 0.3) is 11.3 Å². The number of anilines is 3. The van der Waals surface area contributed by atoms with Gasteiger partial charge in [-0.1, -0.05) is 37.3 Å². The SMILES string of the molecule is CC[C@H](C)Nc1nc(Nc2ccccc2)cc(-c2cccc(OC(F)(F)F)c2)n1. The molecule has 5 nitrogen and oxygen atoms in total. The highest BCUT2D eigenvalue weighted by molar-refractivity contribution is 5.68. The van der Waals surface area contributed by atoms with Crippen molar-refractivity contribution >= 4 is 17.5 Å². The van der Waals surface area contributed by atoms with Gasteiger partial charge in [0.25, 0.3) is 0 Å². The zero-order valence-electron chi connectivity index (χ0n) is 16.0. The van der Waals surface area contributed by atoms with Gasteiger partial charge in [-0.2, -0.15) is 4.98 Å². The lowest BCUT2D eigenvalue weighted by Crippen LogP contribution is -2.17. The Hall–Kier alpha value is -3.29. The maximum absolute atomic E-state index is 12.6. The Morgan fingerprint density at radius 1 is 1.00 bits per heavy atom. The first-order valence-corrected chi connectivity index (χ1v) is 9.16. The fourth-order valence-electron chi connectivity index (χ4n) is 2.57. The lowest BCUT2D eigenvalue weighted by molar-refractivity contribution is -0.274. The Balaban J connectivity index is 1.97. The van der Waals surface area contributed by atoms with Crippen LogP contribution in [-0.2, 0) is 0 Å². The molecule has 0 aliphatic rings. The Labute approximate surface area is 167 Å². The number of alkyl halides is 3. The van der Waals surface area contributed by atoms with Crippen LogP contribution in [0.1, 0.15) is 20.3 Å². The van der Waals surface area contributed by atoms with Crippen molar-refractivity contribution in [3.05, 3.63) is 60.7 Å². The smallest absolute Gasteiger partial charge is 0.406 e. The number of rotatable bonds is 7. The summed E-state index contributed by atoms with van der Waals surface area (Å²) in [6, 6.07) is 17.0. The monoisotopic (exact) mass is 402 g/mol. The first-order chi connectivity index (χ1) is 13.8. The van der Waals surface area contributed by atoms with Gasteiger partial charge in [0.15, 0.2) is 0 Å². The number of hydrogen-bond donors (Lipinski definition) is 2. The van der Waals surface area contributed by atoms with Gasteiger partial charge >= 0.3 is 6.36 Å². The van der Waals surface area contributed by atoms with E-state index in [1.807, 2.05) is 44.2 Å². The number of halogens is 3. The summed E-state index contributed by atoms with van der Waals surface area (Å²) < 4.78 is 41.7. The molecule has 0 spiro atoms. The van der Waals surface area contributed by atoms with Gasteiger partial charge in [-0.15, -0.1) is 13.2 Å². The molecule has 1 aromatic heterocycles. The minimum absolute atomic E-state index is 0.134. The van der Waals surface area contributed by atoms with Gasteiger partial charge in [-0.25, -0.2) is 4.98 Å². The minimum Gasteiger partial charge on any atom is -0.406 e. The van der Waals surface area contributed by atoms with Gasteiger partial charge in [0, 0.05) is 23.4 Å². The number of benzene rings is 2. The number of ether oxygens (including phenoxy) is 1. The third-order valence-corrected chi connectivity index (χ3v) is 4.12. The lowest BCUT2D eigenvalue weighted by atomic mass is 10.1. The molecule has 1 atom stereocenters. The van der Waals surface area contributed by atoms with Crippen molar-refractivity contribution in [1.29, 1.82) is 0 Å². The molecule has 0 saturated heterocycles. The second-order valence-electron chi connectivity index (χ2n) is 6.48. The van der Waals surface area contributed by atoms with Crippen LogP contribution >= 0.6 is 0 Å². The van der Waals surface area contributed by atoms with Crippen LogP contribution in [-0.4, -0.2) is 22.4 Å². The summed E-state index contributed by atoms with van der Waals surface area (Å²) in [5, 5.41) is 6.40. The number of para-hydroxylation sites is 1. The first kappa shape index (κ1) is 20.4. The highest BCUT2D eigenvalue weighted by atomic mass is 19.4. The molecule has 0 unspecified atom stereocenters. The van der Waals surface area contributed by atoms with Gasteiger partial charge < -0.3 is 15.4 Å². The topological polar surface area (TPSA) is 59.1 Å². The van der Waals surface area contributed by atoms with E-state index in [0.29, 0.717) is 23.0 Å². The van der Waals surface area contributed by atoms with Crippen LogP contribution < -0.4 is 15.4 Å². The second-order valence-corrected chi connectivity index (χ2v) is 6.48. The molecular formula is C21H21F3N4O. The van der Waals surface area contributed by atoms with Crippen molar-refractivity contribution in [3.63, 3.8) is 0 Å². The van der Waals surface area contributed by atoms with Crippen LogP contribution in [0, 0.1) is 0 Å². The molecule has 8 heteroatoms. The quantitative estimate of drug-likeness (QED) is 0.508. The van der Waals surface area contributed by atoms with E-state index in [0.717, 1.165) is 12.1 Å². The third kappa shape index (κ3) is 6.10. The standard InChI is InChI=1S/C21H21F3N4O/c1-3-14(2)25-20-27-18(13-19(28-20)26-16-9-5-4-6-10-16)15-8-7-11-17(12-15)29-21(22,23)24/h4-14H,3H2,1-2H3,(H2,25,26,27,28)/t14-/m0/s1. The Bertz CT molecular complexity index is 948. The highest BCUT2D eigenvalue weighted by Gasteiger charge is 2.31. The minimum atomic E-state index is -4.76. The van der Waals surface area contributed by atoms with E-state index in [1.54, 1.807) is 12.1 Å². The van der Waals surface area contributed by atoms with E-state index < -0.39 is 6.36 Å². The summed E-state index contributed by atoms with van der Waals surface area (Å²) in [5.74, 6) is 0.606. The van der Waals surface area contributed by atoms with Crippen LogP contribution in [0.5, 0.6) is 5.75 Å². The summed E-state index contributed by atoms with van der Waals surface area (Å²) in [7, 11) is 0. The zero-order valence-corrected chi connectivity index (χ0v) is 16.0. The first-order valence-electron chi connectivity index (χ1n) is 9.16. The maximum atomic E-state index is 12.6. The molecule has 0 aliphatic heterocycles. The fourth-order valence-corrected chi connectivity index (χ4v) is 2.57. The third-order valence-electron chi connectivity index (χ3n) is 4.12. The van der Waals surface area contributed by atoms with Crippen molar-refractivity contribution in [1.82, 2.24) is 9.97 Å². The van der Waals surface area contributed by atoms with Crippen molar-refractivity contribution in [2.24, 2.45) is 0 Å². The predicted molar refractivity (Wildman–Crippen MR) is 107 cm³/mol. The summed E-state index contributed by atoms with van der Waals surface area (Å²) in [4.78, 5) is 8.95. The molecular weight excluding hydrogens is 381 g/mol. The van der Waals surface area contributed by atoms with E-state index >= 15 is 0 Å². The molecule has 2 N–H and O–H groups in total. The zero-order chi connectivity index (χ0) is 20.9. The molecule has 3 rings (SSSR count). The summed E-state index contributed by atoms with van der Waals surface area (Å²) in [5.41, 5.74) is 1.79. The molecule has 29 heavy (non-hydrogen) atoms. The second kappa shape index (κ2) is 8.81. The van der Waals surface area contributed by atoms with Crippen molar-refractivity contribution in [2.75, 3.05) is 10.6 Å². The van der Waals surface area contributed by atoms with Crippen molar-refractivity contribution < 1.29 is 17.9 Å². The fraction of sp³-hybridized carbons (Fsp3) is 0.238. The molecule has 1 heterocycles. The van der Waals surface area contributed by atoms with Gasteiger partial charge in [-0.3, -0.25) is 0 Å². The largest absolute Gasteiger partial charge is 0.573 e. The highest BCUT2D eigenvalue weighted by Crippen LogP contribution is 2.29. The van der Waals surface area contributed by atoms with Crippen LogP contribution in [0.3, 0.4) is 0 Å². The average Bonchev–Trinajstić information content (AvgIpc) is 2.67. The molecule has 0 aliphatic carbocycles. The van der Waals surface area contributed by atoms with Crippen LogP contribution in [0.15, 0.2) is 60.7 Å². The molecule has 0 bridgehead atoms.